The third-order valence-corrected chi connectivity index (χ3v) is 2.88. The van der Waals surface area contributed by atoms with Gasteiger partial charge < -0.3 is 9.84 Å². The molecule has 0 bridgehead atoms. The lowest BCUT2D eigenvalue weighted by atomic mass is 10.2. The van der Waals surface area contributed by atoms with Crippen LogP contribution >= 0.6 is 22.6 Å². The second kappa shape index (κ2) is 5.59. The van der Waals surface area contributed by atoms with Gasteiger partial charge in [0.1, 0.15) is 0 Å². The van der Waals surface area contributed by atoms with Gasteiger partial charge in [-0.05, 0) is 53.8 Å². The summed E-state index contributed by atoms with van der Waals surface area (Å²) in [5, 5.41) is 8.29. The van der Waals surface area contributed by atoms with Gasteiger partial charge in [-0.1, -0.05) is 0 Å². The Hall–Kier alpha value is -1.25. The Kier molecular flexibility index (Phi) is 4.60. The number of hydrogen-bond acceptors (Lipinski definition) is 3. The van der Waals surface area contributed by atoms with Crippen LogP contribution in [0.2, 0.25) is 0 Å². The monoisotopic (exact) mass is 370 g/mol. The van der Waals surface area contributed by atoms with E-state index >= 15 is 0 Å². The van der Waals surface area contributed by atoms with Gasteiger partial charge in [0.25, 0.3) is 0 Å². The zero-order chi connectivity index (χ0) is 13.9. The Balaban J connectivity index is 2.76. The van der Waals surface area contributed by atoms with E-state index in [0.717, 1.165) is 10.5 Å². The lowest BCUT2D eigenvalue weighted by Crippen LogP contribution is -2.42. The van der Waals surface area contributed by atoms with E-state index in [0.29, 0.717) is 0 Å². The van der Waals surface area contributed by atoms with E-state index in [1.807, 2.05) is 22.6 Å². The maximum Gasteiger partial charge on any atom is 0.378 e. The summed E-state index contributed by atoms with van der Waals surface area (Å²) in [6.07, 6.45) is -2.04. The van der Waals surface area contributed by atoms with Crippen molar-refractivity contribution < 1.29 is 28.2 Å². The SMILES string of the molecule is CC(OC(=O)c1ccc(I)cc1)C(F)(F)C(=O)O. The Labute approximate surface area is 115 Å². The van der Waals surface area contributed by atoms with Gasteiger partial charge >= 0.3 is 17.9 Å². The molecule has 1 aromatic carbocycles. The highest BCUT2D eigenvalue weighted by molar-refractivity contribution is 14.1. The van der Waals surface area contributed by atoms with E-state index in [-0.39, 0.29) is 5.56 Å². The molecule has 7 heteroatoms. The normalized spacial score (nSPS) is 12.9. The molecule has 0 radical (unpaired) electrons. The maximum absolute atomic E-state index is 13.0. The average Bonchev–Trinajstić information content (AvgIpc) is 2.29. The minimum Gasteiger partial charge on any atom is -0.477 e. The first-order chi connectivity index (χ1) is 8.25. The molecule has 0 heterocycles. The predicted molar refractivity (Wildman–Crippen MR) is 66.6 cm³/mol. The van der Waals surface area contributed by atoms with Crippen molar-refractivity contribution in [1.29, 1.82) is 0 Å². The summed E-state index contributed by atoms with van der Waals surface area (Å²) >= 11 is 2.02. The molecule has 0 aliphatic carbocycles. The molecule has 1 N–H and O–H groups in total. The van der Waals surface area contributed by atoms with Crippen molar-refractivity contribution in [2.75, 3.05) is 0 Å². The molecule has 1 atom stereocenters. The van der Waals surface area contributed by atoms with Crippen molar-refractivity contribution in [2.24, 2.45) is 0 Å². The number of carbonyl (C=O) groups is 2. The number of carboxylic acids is 1. The van der Waals surface area contributed by atoms with Crippen LogP contribution in [-0.4, -0.2) is 29.1 Å². The smallest absolute Gasteiger partial charge is 0.378 e. The molecule has 18 heavy (non-hydrogen) atoms. The molecule has 0 fully saturated rings. The van der Waals surface area contributed by atoms with Crippen LogP contribution in [0, 0.1) is 3.57 Å². The van der Waals surface area contributed by atoms with Crippen LogP contribution < -0.4 is 0 Å². The molecular formula is C11H9F2IO4. The van der Waals surface area contributed by atoms with Crippen molar-refractivity contribution in [2.45, 2.75) is 19.0 Å². The van der Waals surface area contributed by atoms with E-state index in [4.69, 9.17) is 5.11 Å². The molecular weight excluding hydrogens is 361 g/mol. The van der Waals surface area contributed by atoms with Gasteiger partial charge in [0.05, 0.1) is 5.56 Å². The number of alkyl halides is 2. The second-order valence-corrected chi connectivity index (χ2v) is 4.73. The third kappa shape index (κ3) is 3.37. The van der Waals surface area contributed by atoms with E-state index in [1.165, 1.54) is 12.1 Å². The topological polar surface area (TPSA) is 63.6 Å². The van der Waals surface area contributed by atoms with Crippen LogP contribution in [0.4, 0.5) is 8.78 Å². The molecule has 0 spiro atoms. The molecule has 0 saturated carbocycles. The zero-order valence-electron chi connectivity index (χ0n) is 9.19. The van der Waals surface area contributed by atoms with Crippen LogP contribution in [-0.2, 0) is 9.53 Å². The van der Waals surface area contributed by atoms with Gasteiger partial charge in [-0.2, -0.15) is 8.78 Å². The summed E-state index contributed by atoms with van der Waals surface area (Å²) in [6, 6.07) is 6.04. The lowest BCUT2D eigenvalue weighted by Gasteiger charge is -2.19. The van der Waals surface area contributed by atoms with Crippen molar-refractivity contribution in [3.05, 3.63) is 33.4 Å². The van der Waals surface area contributed by atoms with Crippen LogP contribution in [0.15, 0.2) is 24.3 Å². The number of rotatable bonds is 4. The Morgan fingerprint density at radius 3 is 2.28 bits per heavy atom. The summed E-state index contributed by atoms with van der Waals surface area (Å²) in [5.41, 5.74) is 0.0865. The van der Waals surface area contributed by atoms with E-state index in [9.17, 15) is 18.4 Å². The largest absolute Gasteiger partial charge is 0.477 e. The van der Waals surface area contributed by atoms with E-state index < -0.39 is 24.0 Å². The van der Waals surface area contributed by atoms with Gasteiger partial charge in [0.15, 0.2) is 6.10 Å². The maximum atomic E-state index is 13.0. The molecule has 1 aromatic rings. The van der Waals surface area contributed by atoms with Crippen LogP contribution in [0.3, 0.4) is 0 Å². The molecule has 0 aromatic heterocycles. The summed E-state index contributed by atoms with van der Waals surface area (Å²) in [7, 11) is 0. The quantitative estimate of drug-likeness (QED) is 0.654. The average molecular weight is 370 g/mol. The lowest BCUT2D eigenvalue weighted by molar-refractivity contribution is -0.180. The third-order valence-electron chi connectivity index (χ3n) is 2.16. The standard InChI is InChI=1S/C11H9F2IO4/c1-6(11(12,13)10(16)17)18-9(15)7-2-4-8(14)5-3-7/h2-6H,1H3,(H,16,17). The fraction of sp³-hybridized carbons (Fsp3) is 0.273. The van der Waals surface area contributed by atoms with Crippen LogP contribution in [0.5, 0.6) is 0 Å². The van der Waals surface area contributed by atoms with E-state index in [1.54, 1.807) is 12.1 Å². The minimum absolute atomic E-state index is 0.0865. The number of ether oxygens (including phenoxy) is 1. The van der Waals surface area contributed by atoms with Crippen molar-refractivity contribution in [3.63, 3.8) is 0 Å². The molecule has 98 valence electrons. The number of carboxylic acid groups (broad SMARTS) is 1. The van der Waals surface area contributed by atoms with Crippen LogP contribution in [0.1, 0.15) is 17.3 Å². The molecule has 1 rings (SSSR count). The Morgan fingerprint density at radius 1 is 1.33 bits per heavy atom. The number of benzene rings is 1. The second-order valence-electron chi connectivity index (χ2n) is 3.48. The molecule has 4 nitrogen and oxygen atoms in total. The first kappa shape index (κ1) is 14.8. The van der Waals surface area contributed by atoms with Crippen molar-refractivity contribution >= 4 is 34.5 Å². The van der Waals surface area contributed by atoms with Gasteiger partial charge in [-0.25, -0.2) is 9.59 Å². The number of hydrogen-bond donors (Lipinski definition) is 1. The highest BCUT2D eigenvalue weighted by Crippen LogP contribution is 2.22. The first-order valence-corrected chi connectivity index (χ1v) is 5.90. The first-order valence-electron chi connectivity index (χ1n) is 4.83. The van der Waals surface area contributed by atoms with Crippen molar-refractivity contribution in [1.82, 2.24) is 0 Å². The fourth-order valence-electron chi connectivity index (χ4n) is 1.06. The summed E-state index contributed by atoms with van der Waals surface area (Å²) in [5.74, 6) is -7.43. The molecule has 0 aliphatic rings. The van der Waals surface area contributed by atoms with Gasteiger partial charge in [-0.3, -0.25) is 0 Å². The van der Waals surface area contributed by atoms with Crippen molar-refractivity contribution in [3.8, 4) is 0 Å². The number of esters is 1. The Morgan fingerprint density at radius 2 is 1.83 bits per heavy atom. The number of aliphatic carboxylic acids is 1. The molecule has 0 saturated heterocycles. The molecule has 1 unspecified atom stereocenters. The Bertz CT molecular complexity index is 459. The van der Waals surface area contributed by atoms with Gasteiger partial charge in [0, 0.05) is 3.57 Å². The zero-order valence-corrected chi connectivity index (χ0v) is 11.4. The number of halogens is 3. The number of carbonyl (C=O) groups excluding carboxylic acids is 1. The summed E-state index contributed by atoms with van der Waals surface area (Å²) in [4.78, 5) is 21.8. The summed E-state index contributed by atoms with van der Waals surface area (Å²) < 4.78 is 31.3. The molecule has 0 aliphatic heterocycles. The summed E-state index contributed by atoms with van der Waals surface area (Å²) in [6.45, 7) is 0.832. The fourth-order valence-corrected chi connectivity index (χ4v) is 1.42. The van der Waals surface area contributed by atoms with Gasteiger partial charge in [-0.15, -0.1) is 0 Å². The predicted octanol–water partition coefficient (Wildman–Crippen LogP) is 2.56. The highest BCUT2D eigenvalue weighted by Gasteiger charge is 2.47. The highest BCUT2D eigenvalue weighted by atomic mass is 127. The van der Waals surface area contributed by atoms with Crippen LogP contribution in [0.25, 0.3) is 0 Å². The minimum atomic E-state index is -4.11. The molecule has 0 amide bonds. The van der Waals surface area contributed by atoms with E-state index in [2.05, 4.69) is 4.74 Å². The van der Waals surface area contributed by atoms with Gasteiger partial charge in [0.2, 0.25) is 0 Å².